The SMILES string of the molecule is N#C/C(=C/Nc1ccc(N)cc1)C(=O)NCc1ccccc1. The van der Waals surface area contributed by atoms with Crippen molar-refractivity contribution in [3.63, 3.8) is 0 Å². The standard InChI is InChI=1S/C17H16N4O/c18-10-14(12-20-16-8-6-15(19)7-9-16)17(22)21-11-13-4-2-1-3-5-13/h1-9,12,20H,11,19H2,(H,21,22)/b14-12-. The van der Waals surface area contributed by atoms with Crippen molar-refractivity contribution in [3.8, 4) is 6.07 Å². The van der Waals surface area contributed by atoms with E-state index in [1.807, 2.05) is 36.4 Å². The van der Waals surface area contributed by atoms with E-state index in [1.54, 1.807) is 24.3 Å². The number of nitrogens with one attached hydrogen (secondary N) is 2. The van der Waals surface area contributed by atoms with Gasteiger partial charge in [-0.25, -0.2) is 0 Å². The van der Waals surface area contributed by atoms with Crippen LogP contribution in [0.2, 0.25) is 0 Å². The molecule has 5 nitrogen and oxygen atoms in total. The summed E-state index contributed by atoms with van der Waals surface area (Å²) in [5.41, 5.74) is 7.97. The van der Waals surface area contributed by atoms with Gasteiger partial charge < -0.3 is 16.4 Å². The molecule has 2 aromatic carbocycles. The lowest BCUT2D eigenvalue weighted by Gasteiger charge is -2.05. The molecule has 0 spiro atoms. The molecule has 0 aliphatic carbocycles. The minimum atomic E-state index is -0.422. The summed E-state index contributed by atoms with van der Waals surface area (Å²) in [6.07, 6.45) is 1.38. The minimum Gasteiger partial charge on any atom is -0.399 e. The van der Waals surface area contributed by atoms with Gasteiger partial charge in [0.15, 0.2) is 0 Å². The first-order valence-electron chi connectivity index (χ1n) is 6.73. The van der Waals surface area contributed by atoms with E-state index < -0.39 is 5.91 Å². The summed E-state index contributed by atoms with van der Waals surface area (Å²) in [5, 5.41) is 14.7. The second-order valence-electron chi connectivity index (χ2n) is 4.60. The average molecular weight is 292 g/mol. The van der Waals surface area contributed by atoms with Crippen molar-refractivity contribution >= 4 is 17.3 Å². The third kappa shape index (κ3) is 4.39. The predicted octanol–water partition coefficient (Wildman–Crippen LogP) is 2.40. The fraction of sp³-hybridized carbons (Fsp3) is 0.0588. The molecule has 2 aromatic rings. The number of benzene rings is 2. The number of carbonyl (C=O) groups excluding carboxylic acids is 1. The van der Waals surface area contributed by atoms with Crippen LogP contribution in [0, 0.1) is 11.3 Å². The molecule has 0 fully saturated rings. The summed E-state index contributed by atoms with van der Waals surface area (Å²) in [6, 6.07) is 18.4. The first-order chi connectivity index (χ1) is 10.7. The summed E-state index contributed by atoms with van der Waals surface area (Å²) >= 11 is 0. The Morgan fingerprint density at radius 2 is 1.82 bits per heavy atom. The number of rotatable bonds is 5. The van der Waals surface area contributed by atoms with Gasteiger partial charge in [0.25, 0.3) is 5.91 Å². The Bertz CT molecular complexity index is 700. The Morgan fingerprint density at radius 3 is 2.45 bits per heavy atom. The van der Waals surface area contributed by atoms with Gasteiger partial charge >= 0.3 is 0 Å². The summed E-state index contributed by atoms with van der Waals surface area (Å²) in [7, 11) is 0. The van der Waals surface area contributed by atoms with E-state index in [0.717, 1.165) is 11.3 Å². The molecule has 0 saturated carbocycles. The largest absolute Gasteiger partial charge is 0.399 e. The zero-order valence-corrected chi connectivity index (χ0v) is 11.9. The van der Waals surface area contributed by atoms with Gasteiger partial charge in [-0.3, -0.25) is 4.79 Å². The van der Waals surface area contributed by atoms with Crippen LogP contribution in [0.25, 0.3) is 0 Å². The van der Waals surface area contributed by atoms with Crippen LogP contribution in [0.3, 0.4) is 0 Å². The Hall–Kier alpha value is -3.26. The highest BCUT2D eigenvalue weighted by atomic mass is 16.1. The molecule has 110 valence electrons. The Labute approximate surface area is 129 Å². The molecule has 0 unspecified atom stereocenters. The van der Waals surface area contributed by atoms with Gasteiger partial charge in [-0.05, 0) is 29.8 Å². The zero-order valence-electron chi connectivity index (χ0n) is 11.9. The molecule has 22 heavy (non-hydrogen) atoms. The smallest absolute Gasteiger partial charge is 0.263 e. The fourth-order valence-corrected chi connectivity index (χ4v) is 1.76. The monoisotopic (exact) mass is 292 g/mol. The van der Waals surface area contributed by atoms with Gasteiger partial charge in [-0.15, -0.1) is 0 Å². The van der Waals surface area contributed by atoms with Crippen LogP contribution in [-0.2, 0) is 11.3 Å². The molecule has 0 heterocycles. The lowest BCUT2D eigenvalue weighted by atomic mass is 10.2. The number of hydrogen-bond acceptors (Lipinski definition) is 4. The van der Waals surface area contributed by atoms with Gasteiger partial charge in [0.1, 0.15) is 11.6 Å². The highest BCUT2D eigenvalue weighted by molar-refractivity contribution is 5.97. The molecule has 0 aliphatic rings. The highest BCUT2D eigenvalue weighted by Crippen LogP contribution is 2.11. The fourth-order valence-electron chi connectivity index (χ4n) is 1.76. The average Bonchev–Trinajstić information content (AvgIpc) is 2.56. The third-order valence-electron chi connectivity index (χ3n) is 2.95. The van der Waals surface area contributed by atoms with Crippen LogP contribution in [-0.4, -0.2) is 5.91 Å². The number of nitrogens with two attached hydrogens (primary N) is 1. The van der Waals surface area contributed by atoms with E-state index in [4.69, 9.17) is 11.0 Å². The van der Waals surface area contributed by atoms with E-state index in [1.165, 1.54) is 6.20 Å². The number of nitriles is 1. The van der Waals surface area contributed by atoms with E-state index >= 15 is 0 Å². The number of amides is 1. The van der Waals surface area contributed by atoms with Crippen molar-refractivity contribution in [1.29, 1.82) is 5.26 Å². The van der Waals surface area contributed by atoms with E-state index in [2.05, 4.69) is 10.6 Å². The minimum absolute atomic E-state index is 0.00718. The number of anilines is 2. The van der Waals surface area contributed by atoms with Gasteiger partial charge in [-0.1, -0.05) is 30.3 Å². The first-order valence-corrected chi connectivity index (χ1v) is 6.73. The van der Waals surface area contributed by atoms with Crippen molar-refractivity contribution in [2.75, 3.05) is 11.1 Å². The van der Waals surface area contributed by atoms with E-state index in [9.17, 15) is 4.79 Å². The lowest BCUT2D eigenvalue weighted by Crippen LogP contribution is -2.24. The molecule has 0 aromatic heterocycles. The number of nitrogens with zero attached hydrogens (tertiary/aromatic N) is 1. The normalized spacial score (nSPS) is 10.6. The summed E-state index contributed by atoms with van der Waals surface area (Å²) in [4.78, 5) is 12.0. The molecular weight excluding hydrogens is 276 g/mol. The van der Waals surface area contributed by atoms with E-state index in [0.29, 0.717) is 12.2 Å². The summed E-state index contributed by atoms with van der Waals surface area (Å²) < 4.78 is 0. The predicted molar refractivity (Wildman–Crippen MR) is 86.5 cm³/mol. The molecule has 0 radical (unpaired) electrons. The molecule has 5 heteroatoms. The maximum Gasteiger partial charge on any atom is 0.263 e. The van der Waals surface area contributed by atoms with Crippen LogP contribution in [0.15, 0.2) is 66.4 Å². The highest BCUT2D eigenvalue weighted by Gasteiger charge is 2.08. The van der Waals surface area contributed by atoms with Crippen LogP contribution < -0.4 is 16.4 Å². The topological polar surface area (TPSA) is 90.9 Å². The number of hydrogen-bond donors (Lipinski definition) is 3. The Kier molecular flexibility index (Phi) is 5.16. The van der Waals surface area contributed by atoms with Gasteiger partial charge in [-0.2, -0.15) is 5.26 Å². The molecule has 4 N–H and O–H groups in total. The lowest BCUT2D eigenvalue weighted by molar-refractivity contribution is -0.117. The maximum atomic E-state index is 12.0. The summed E-state index contributed by atoms with van der Waals surface area (Å²) in [6.45, 7) is 0.376. The van der Waals surface area contributed by atoms with Crippen molar-refractivity contribution in [1.82, 2.24) is 5.32 Å². The second-order valence-corrected chi connectivity index (χ2v) is 4.60. The number of carbonyl (C=O) groups is 1. The first kappa shape index (κ1) is 15.1. The van der Waals surface area contributed by atoms with Crippen molar-refractivity contribution in [2.24, 2.45) is 0 Å². The number of nitrogen functional groups attached to an aromatic ring is 1. The van der Waals surface area contributed by atoms with Crippen LogP contribution >= 0.6 is 0 Å². The van der Waals surface area contributed by atoms with Crippen molar-refractivity contribution < 1.29 is 4.79 Å². The molecule has 0 saturated heterocycles. The molecule has 0 aliphatic heterocycles. The third-order valence-corrected chi connectivity index (χ3v) is 2.95. The van der Waals surface area contributed by atoms with Crippen LogP contribution in [0.5, 0.6) is 0 Å². The molecule has 0 bridgehead atoms. The Morgan fingerprint density at radius 1 is 1.14 bits per heavy atom. The molecule has 2 rings (SSSR count). The maximum absolute atomic E-state index is 12.0. The van der Waals surface area contributed by atoms with Crippen molar-refractivity contribution in [2.45, 2.75) is 6.54 Å². The molecule has 1 amide bonds. The molecular formula is C17H16N4O. The zero-order chi connectivity index (χ0) is 15.8. The second kappa shape index (κ2) is 7.50. The Balaban J connectivity index is 1.95. The summed E-state index contributed by atoms with van der Waals surface area (Å²) in [5.74, 6) is -0.422. The quantitative estimate of drug-likeness (QED) is 0.448. The van der Waals surface area contributed by atoms with Crippen LogP contribution in [0.1, 0.15) is 5.56 Å². The molecule has 0 atom stereocenters. The van der Waals surface area contributed by atoms with Crippen molar-refractivity contribution in [3.05, 3.63) is 71.9 Å². The van der Waals surface area contributed by atoms with E-state index in [-0.39, 0.29) is 5.57 Å². The van der Waals surface area contributed by atoms with Gasteiger partial charge in [0.2, 0.25) is 0 Å². The van der Waals surface area contributed by atoms with Crippen LogP contribution in [0.4, 0.5) is 11.4 Å². The van der Waals surface area contributed by atoms with Gasteiger partial charge in [0.05, 0.1) is 0 Å². The van der Waals surface area contributed by atoms with Gasteiger partial charge in [0, 0.05) is 24.1 Å².